The number of aromatic nitrogens is 1. The predicted octanol–water partition coefficient (Wildman–Crippen LogP) is 1.14. The lowest BCUT2D eigenvalue weighted by Crippen LogP contribution is -2.24. The molecular weight excluding hydrogens is 366 g/mol. The molecule has 9 heteroatoms. The number of nitrogens with one attached hydrogen (secondary N) is 2. The smallest absolute Gasteiger partial charge is 0.304 e. The minimum Gasteiger partial charge on any atom is -0.326 e. The van der Waals surface area contributed by atoms with Crippen LogP contribution >= 0.6 is 27.3 Å². The molecule has 0 aliphatic rings. The van der Waals surface area contributed by atoms with Crippen LogP contribution in [0.2, 0.25) is 0 Å². The summed E-state index contributed by atoms with van der Waals surface area (Å²) in [5, 5.41) is 1.58. The summed E-state index contributed by atoms with van der Waals surface area (Å²) in [6, 6.07) is 4.82. The number of sulfonamides is 1. The molecule has 6 nitrogen and oxygen atoms in total. The number of rotatable bonds is 5. The molecule has 20 heavy (non-hydrogen) atoms. The van der Waals surface area contributed by atoms with Gasteiger partial charge in [0.1, 0.15) is 0 Å². The zero-order chi connectivity index (χ0) is 14.8. The number of thiazole rings is 1. The second-order valence-electron chi connectivity index (χ2n) is 3.97. The Balaban J connectivity index is 2.20. The fraction of sp³-hybridized carbons (Fsp3) is 0.182. The second kappa shape index (κ2) is 6.19. The van der Waals surface area contributed by atoms with E-state index in [1.807, 2.05) is 0 Å². The van der Waals surface area contributed by atoms with Crippen molar-refractivity contribution in [2.45, 2.75) is 18.0 Å². The van der Waals surface area contributed by atoms with E-state index in [0.717, 1.165) is 16.9 Å². The average molecular weight is 378 g/mol. The fourth-order valence-corrected chi connectivity index (χ4v) is 4.25. The van der Waals surface area contributed by atoms with Gasteiger partial charge < -0.3 is 10.7 Å². The van der Waals surface area contributed by atoms with Gasteiger partial charge in [-0.2, -0.15) is 0 Å². The molecule has 0 saturated heterocycles. The number of nitrogens with two attached hydrogens (primary N) is 1. The lowest BCUT2D eigenvalue weighted by Gasteiger charge is -2.08. The number of hydrogen-bond donors (Lipinski definition) is 3. The quantitative estimate of drug-likeness (QED) is 0.726. The molecule has 108 valence electrons. The Labute approximate surface area is 128 Å². The van der Waals surface area contributed by atoms with Crippen molar-refractivity contribution in [1.29, 1.82) is 0 Å². The van der Waals surface area contributed by atoms with Crippen LogP contribution in [0.3, 0.4) is 0 Å². The molecule has 4 N–H and O–H groups in total. The van der Waals surface area contributed by atoms with E-state index in [1.54, 1.807) is 17.5 Å². The highest BCUT2D eigenvalue weighted by Crippen LogP contribution is 2.23. The minimum absolute atomic E-state index is 0.0339. The van der Waals surface area contributed by atoms with E-state index in [2.05, 4.69) is 25.6 Å². The molecule has 2 aromatic rings. The SMILES string of the molecule is NCc1ccc(S(=O)(=O)NCc2csc(=O)[nH]2)c(Br)c1. The molecule has 0 radical (unpaired) electrons. The summed E-state index contributed by atoms with van der Waals surface area (Å²) >= 11 is 4.21. The number of hydrogen-bond acceptors (Lipinski definition) is 5. The van der Waals surface area contributed by atoms with E-state index in [0.29, 0.717) is 16.7 Å². The van der Waals surface area contributed by atoms with Crippen molar-refractivity contribution in [2.24, 2.45) is 5.73 Å². The molecule has 0 atom stereocenters. The third-order valence-electron chi connectivity index (χ3n) is 2.54. The third kappa shape index (κ3) is 3.55. The molecule has 1 aromatic heterocycles. The van der Waals surface area contributed by atoms with Crippen LogP contribution < -0.4 is 15.3 Å². The Morgan fingerprint density at radius 1 is 1.40 bits per heavy atom. The summed E-state index contributed by atoms with van der Waals surface area (Å²) in [4.78, 5) is 13.4. The fourth-order valence-electron chi connectivity index (χ4n) is 1.54. The van der Waals surface area contributed by atoms with Gasteiger partial charge in [0.2, 0.25) is 10.0 Å². The van der Waals surface area contributed by atoms with Crippen molar-refractivity contribution >= 4 is 37.3 Å². The van der Waals surface area contributed by atoms with Crippen LogP contribution in [0, 0.1) is 0 Å². The number of aromatic amines is 1. The summed E-state index contributed by atoms with van der Waals surface area (Å²) in [5.74, 6) is 0. The molecule has 1 heterocycles. The van der Waals surface area contributed by atoms with E-state index in [4.69, 9.17) is 5.73 Å². The summed E-state index contributed by atoms with van der Waals surface area (Å²) in [5.41, 5.74) is 6.85. The van der Waals surface area contributed by atoms with Crippen molar-refractivity contribution < 1.29 is 8.42 Å². The normalized spacial score (nSPS) is 11.7. The van der Waals surface area contributed by atoms with Crippen molar-refractivity contribution in [1.82, 2.24) is 9.71 Å². The molecule has 0 unspecified atom stereocenters. The Bertz CT molecular complexity index is 767. The number of H-pyrrole nitrogens is 1. The predicted molar refractivity (Wildman–Crippen MR) is 81.0 cm³/mol. The zero-order valence-corrected chi connectivity index (χ0v) is 13.4. The first-order valence-electron chi connectivity index (χ1n) is 5.57. The topological polar surface area (TPSA) is 105 Å². The maximum atomic E-state index is 12.2. The molecule has 0 amide bonds. The molecule has 0 saturated carbocycles. The molecule has 0 spiro atoms. The van der Waals surface area contributed by atoms with E-state index >= 15 is 0 Å². The minimum atomic E-state index is -3.66. The largest absolute Gasteiger partial charge is 0.326 e. The molecule has 1 aromatic carbocycles. The van der Waals surface area contributed by atoms with Gasteiger partial charge in [-0.1, -0.05) is 17.4 Å². The standard InChI is InChI=1S/C11H12BrN3O3S2/c12-9-3-7(4-13)1-2-10(9)20(17,18)14-5-8-6-19-11(16)15-8/h1-3,6,14H,4-5,13H2,(H,15,16). The first-order valence-corrected chi connectivity index (χ1v) is 8.73. The molecule has 0 aliphatic heterocycles. The average Bonchev–Trinajstić information content (AvgIpc) is 2.82. The number of benzene rings is 1. The molecule has 2 rings (SSSR count). The summed E-state index contributed by atoms with van der Waals surface area (Å²) in [6.45, 7) is 0.370. The Hall–Kier alpha value is -1.00. The van der Waals surface area contributed by atoms with Crippen molar-refractivity contribution in [3.05, 3.63) is 49.0 Å². The van der Waals surface area contributed by atoms with Gasteiger partial charge in [0.25, 0.3) is 0 Å². The lowest BCUT2D eigenvalue weighted by atomic mass is 10.2. The van der Waals surface area contributed by atoms with Gasteiger partial charge in [-0.15, -0.1) is 0 Å². The van der Waals surface area contributed by atoms with Gasteiger partial charge in [0.05, 0.1) is 11.4 Å². The van der Waals surface area contributed by atoms with E-state index < -0.39 is 10.0 Å². The van der Waals surface area contributed by atoms with Gasteiger partial charge in [-0.05, 0) is 33.6 Å². The van der Waals surface area contributed by atoms with Crippen molar-refractivity contribution in [3.63, 3.8) is 0 Å². The van der Waals surface area contributed by atoms with Crippen molar-refractivity contribution in [3.8, 4) is 0 Å². The van der Waals surface area contributed by atoms with Crippen LogP contribution in [-0.4, -0.2) is 13.4 Å². The number of halogens is 1. The van der Waals surface area contributed by atoms with Gasteiger partial charge in [-0.25, -0.2) is 13.1 Å². The van der Waals surface area contributed by atoms with E-state index in [1.165, 1.54) is 6.07 Å². The maximum Gasteiger partial charge on any atom is 0.304 e. The highest BCUT2D eigenvalue weighted by atomic mass is 79.9. The Morgan fingerprint density at radius 2 is 2.15 bits per heavy atom. The maximum absolute atomic E-state index is 12.2. The first kappa shape index (κ1) is 15.4. The van der Waals surface area contributed by atoms with E-state index in [9.17, 15) is 13.2 Å². The van der Waals surface area contributed by atoms with Crippen LogP contribution in [-0.2, 0) is 23.1 Å². The van der Waals surface area contributed by atoms with Crippen LogP contribution in [0.4, 0.5) is 0 Å². The van der Waals surface area contributed by atoms with Gasteiger partial charge >= 0.3 is 4.87 Å². The monoisotopic (exact) mass is 377 g/mol. The summed E-state index contributed by atoms with van der Waals surface area (Å²) < 4.78 is 27.2. The first-order chi connectivity index (χ1) is 9.42. The van der Waals surface area contributed by atoms with Crippen LogP contribution in [0.15, 0.2) is 37.7 Å². The lowest BCUT2D eigenvalue weighted by molar-refractivity contribution is 0.580. The highest BCUT2D eigenvalue weighted by molar-refractivity contribution is 9.10. The summed E-state index contributed by atoms with van der Waals surface area (Å²) in [7, 11) is -3.66. The third-order valence-corrected chi connectivity index (χ3v) is 5.64. The van der Waals surface area contributed by atoms with Gasteiger partial charge in [0.15, 0.2) is 0 Å². The highest BCUT2D eigenvalue weighted by Gasteiger charge is 2.17. The summed E-state index contributed by atoms with van der Waals surface area (Å²) in [6.07, 6.45) is 0. The van der Waals surface area contributed by atoms with Gasteiger partial charge in [0, 0.05) is 22.1 Å². The molecular formula is C11H12BrN3O3S2. The Kier molecular flexibility index (Phi) is 4.76. The second-order valence-corrected chi connectivity index (χ2v) is 7.40. The molecule has 0 bridgehead atoms. The van der Waals surface area contributed by atoms with Gasteiger partial charge in [-0.3, -0.25) is 4.79 Å². The molecule has 0 fully saturated rings. The van der Waals surface area contributed by atoms with Crippen molar-refractivity contribution in [2.75, 3.05) is 0 Å². The van der Waals surface area contributed by atoms with Crippen LogP contribution in [0.1, 0.15) is 11.3 Å². The zero-order valence-electron chi connectivity index (χ0n) is 10.2. The van der Waals surface area contributed by atoms with Crippen LogP contribution in [0.25, 0.3) is 0 Å². The molecule has 0 aliphatic carbocycles. The van der Waals surface area contributed by atoms with E-state index in [-0.39, 0.29) is 16.3 Å². The Morgan fingerprint density at radius 3 is 2.70 bits per heavy atom. The van der Waals surface area contributed by atoms with Crippen LogP contribution in [0.5, 0.6) is 0 Å².